The summed E-state index contributed by atoms with van der Waals surface area (Å²) < 4.78 is 7.80. The lowest BCUT2D eigenvalue weighted by Crippen LogP contribution is -2.37. The van der Waals surface area contributed by atoms with Gasteiger partial charge in [0.1, 0.15) is 0 Å². The Balaban J connectivity index is 2.24. The Hall–Kier alpha value is -0.870. The Morgan fingerprint density at radius 1 is 1.56 bits per heavy atom. The molecule has 0 aromatic carbocycles. The van der Waals surface area contributed by atoms with E-state index in [1.807, 2.05) is 19.6 Å². The van der Waals surface area contributed by atoms with Gasteiger partial charge in [-0.3, -0.25) is 0 Å². The summed E-state index contributed by atoms with van der Waals surface area (Å²) in [5, 5.41) is 3.32. The van der Waals surface area contributed by atoms with Crippen molar-refractivity contribution < 1.29 is 4.74 Å². The summed E-state index contributed by atoms with van der Waals surface area (Å²) >= 11 is 0. The van der Waals surface area contributed by atoms with Crippen LogP contribution in [-0.2, 0) is 10.3 Å². The van der Waals surface area contributed by atoms with Crippen molar-refractivity contribution in [2.75, 3.05) is 20.3 Å². The Labute approximate surface area is 97.0 Å². The first-order chi connectivity index (χ1) is 7.65. The van der Waals surface area contributed by atoms with Crippen LogP contribution in [0.4, 0.5) is 0 Å². The minimum absolute atomic E-state index is 0.0477. The third-order valence-corrected chi connectivity index (χ3v) is 3.46. The van der Waals surface area contributed by atoms with Crippen molar-refractivity contribution in [1.82, 2.24) is 14.9 Å². The van der Waals surface area contributed by atoms with Crippen molar-refractivity contribution in [3.63, 3.8) is 0 Å². The highest BCUT2D eigenvalue weighted by atomic mass is 16.5. The molecule has 1 saturated heterocycles. The molecule has 1 aromatic rings. The average molecular weight is 223 g/mol. The van der Waals surface area contributed by atoms with Crippen LogP contribution in [-0.4, -0.2) is 29.8 Å². The Morgan fingerprint density at radius 2 is 2.38 bits per heavy atom. The van der Waals surface area contributed by atoms with Crippen molar-refractivity contribution in [2.45, 2.75) is 38.3 Å². The number of hydrogen-bond acceptors (Lipinski definition) is 3. The maximum Gasteiger partial charge on any atom is 0.0952 e. The fourth-order valence-corrected chi connectivity index (χ4v) is 2.15. The van der Waals surface area contributed by atoms with Crippen molar-refractivity contribution >= 4 is 0 Å². The van der Waals surface area contributed by atoms with E-state index < -0.39 is 0 Å². The van der Waals surface area contributed by atoms with Gasteiger partial charge in [-0.25, -0.2) is 4.98 Å². The molecule has 0 spiro atoms. The van der Waals surface area contributed by atoms with E-state index in [0.717, 1.165) is 19.6 Å². The van der Waals surface area contributed by atoms with E-state index >= 15 is 0 Å². The first kappa shape index (κ1) is 11.6. The second kappa shape index (κ2) is 4.55. The smallest absolute Gasteiger partial charge is 0.0952 e. The van der Waals surface area contributed by atoms with Gasteiger partial charge in [0.05, 0.1) is 36.4 Å². The number of hydrogen-bond donors (Lipinski definition) is 1. The quantitative estimate of drug-likeness (QED) is 0.847. The maximum absolute atomic E-state index is 5.54. The van der Waals surface area contributed by atoms with Crippen LogP contribution in [0.25, 0.3) is 0 Å². The van der Waals surface area contributed by atoms with Crippen molar-refractivity contribution in [3.8, 4) is 0 Å². The van der Waals surface area contributed by atoms with Gasteiger partial charge in [0.15, 0.2) is 0 Å². The minimum Gasteiger partial charge on any atom is -0.379 e. The lowest BCUT2D eigenvalue weighted by Gasteiger charge is -2.31. The van der Waals surface area contributed by atoms with Crippen LogP contribution in [0.2, 0.25) is 0 Å². The van der Waals surface area contributed by atoms with Gasteiger partial charge < -0.3 is 14.6 Å². The van der Waals surface area contributed by atoms with Gasteiger partial charge in [-0.15, -0.1) is 0 Å². The predicted octanol–water partition coefficient (Wildman–Crippen LogP) is 1.69. The summed E-state index contributed by atoms with van der Waals surface area (Å²) in [5.74, 6) is 0. The lowest BCUT2D eigenvalue weighted by molar-refractivity contribution is 0.0570. The third-order valence-electron chi connectivity index (χ3n) is 3.46. The van der Waals surface area contributed by atoms with Gasteiger partial charge >= 0.3 is 0 Å². The molecule has 0 amide bonds. The summed E-state index contributed by atoms with van der Waals surface area (Å²) in [6.45, 7) is 6.05. The van der Waals surface area contributed by atoms with Crippen LogP contribution in [0.1, 0.15) is 38.4 Å². The monoisotopic (exact) mass is 223 g/mol. The summed E-state index contributed by atoms with van der Waals surface area (Å²) in [4.78, 5) is 4.28. The molecule has 1 aliphatic rings. The number of ether oxygens (including phenoxy) is 1. The molecular formula is C12H21N3O. The van der Waals surface area contributed by atoms with Crippen LogP contribution in [0.3, 0.4) is 0 Å². The van der Waals surface area contributed by atoms with Gasteiger partial charge in [0, 0.05) is 6.61 Å². The zero-order chi connectivity index (χ0) is 11.6. The molecule has 1 aliphatic heterocycles. The predicted molar refractivity (Wildman–Crippen MR) is 63.4 cm³/mol. The topological polar surface area (TPSA) is 39.1 Å². The molecule has 16 heavy (non-hydrogen) atoms. The largest absolute Gasteiger partial charge is 0.379 e. The molecule has 0 saturated carbocycles. The van der Waals surface area contributed by atoms with Crippen LogP contribution >= 0.6 is 0 Å². The summed E-state index contributed by atoms with van der Waals surface area (Å²) in [7, 11) is 1.98. The molecule has 90 valence electrons. The summed E-state index contributed by atoms with van der Waals surface area (Å²) in [5.41, 5.74) is 1.18. The maximum atomic E-state index is 5.54. The molecule has 1 N–H and O–H groups in total. The second-order valence-corrected chi connectivity index (χ2v) is 4.93. The number of nitrogens with one attached hydrogen (secondary N) is 1. The van der Waals surface area contributed by atoms with Crippen LogP contribution in [0.15, 0.2) is 12.5 Å². The highest BCUT2D eigenvalue weighted by Crippen LogP contribution is 2.26. The molecule has 2 rings (SSSR count). The highest BCUT2D eigenvalue weighted by molar-refractivity contribution is 5.12. The van der Waals surface area contributed by atoms with Crippen LogP contribution in [0.5, 0.6) is 0 Å². The number of aromatic nitrogens is 2. The zero-order valence-electron chi connectivity index (χ0n) is 10.4. The number of imidazole rings is 1. The fourth-order valence-electron chi connectivity index (χ4n) is 2.15. The molecule has 0 bridgehead atoms. The van der Waals surface area contributed by atoms with E-state index in [0.29, 0.717) is 6.04 Å². The van der Waals surface area contributed by atoms with Gasteiger partial charge in [0.25, 0.3) is 0 Å². The molecule has 1 aromatic heterocycles. The zero-order valence-corrected chi connectivity index (χ0v) is 10.4. The second-order valence-electron chi connectivity index (χ2n) is 4.93. The third kappa shape index (κ3) is 2.13. The van der Waals surface area contributed by atoms with E-state index in [2.05, 4.69) is 28.7 Å². The normalized spacial score (nSPS) is 22.3. The molecule has 4 heteroatoms. The van der Waals surface area contributed by atoms with E-state index in [9.17, 15) is 0 Å². The molecule has 1 atom stereocenters. The molecule has 2 heterocycles. The molecule has 1 fully saturated rings. The van der Waals surface area contributed by atoms with E-state index in [-0.39, 0.29) is 5.54 Å². The molecular weight excluding hydrogens is 202 g/mol. The Kier molecular flexibility index (Phi) is 3.30. The van der Waals surface area contributed by atoms with E-state index in [1.165, 1.54) is 12.1 Å². The molecule has 4 nitrogen and oxygen atoms in total. The standard InChI is InChI=1S/C12H21N3O/c1-12(2,13-3)11-7-14-9-15(11)10-5-4-6-16-8-10/h7,9-10,13H,4-6,8H2,1-3H3. The first-order valence-electron chi connectivity index (χ1n) is 5.94. The van der Waals surface area contributed by atoms with Crippen LogP contribution in [0, 0.1) is 0 Å². The fraction of sp³-hybridized carbons (Fsp3) is 0.750. The first-order valence-corrected chi connectivity index (χ1v) is 5.94. The Bertz CT molecular complexity index is 340. The SMILES string of the molecule is CNC(C)(C)c1cncn1C1CCCOC1. The molecule has 0 radical (unpaired) electrons. The number of rotatable bonds is 3. The summed E-state index contributed by atoms with van der Waals surface area (Å²) in [6.07, 6.45) is 6.20. The van der Waals surface area contributed by atoms with Gasteiger partial charge in [-0.1, -0.05) is 0 Å². The van der Waals surface area contributed by atoms with Gasteiger partial charge in [-0.2, -0.15) is 0 Å². The lowest BCUT2D eigenvalue weighted by atomic mass is 10.00. The van der Waals surface area contributed by atoms with E-state index in [4.69, 9.17) is 4.74 Å². The molecule has 1 unspecified atom stereocenters. The van der Waals surface area contributed by atoms with E-state index in [1.54, 1.807) is 0 Å². The average Bonchev–Trinajstić information content (AvgIpc) is 2.80. The van der Waals surface area contributed by atoms with Crippen LogP contribution < -0.4 is 5.32 Å². The minimum atomic E-state index is -0.0477. The Morgan fingerprint density at radius 3 is 3.00 bits per heavy atom. The highest BCUT2D eigenvalue weighted by Gasteiger charge is 2.26. The number of nitrogens with zero attached hydrogens (tertiary/aromatic N) is 2. The molecule has 0 aliphatic carbocycles. The van der Waals surface area contributed by atoms with Crippen molar-refractivity contribution in [2.24, 2.45) is 0 Å². The van der Waals surface area contributed by atoms with Gasteiger partial charge in [0.2, 0.25) is 0 Å². The van der Waals surface area contributed by atoms with Crippen molar-refractivity contribution in [3.05, 3.63) is 18.2 Å². The van der Waals surface area contributed by atoms with Crippen molar-refractivity contribution in [1.29, 1.82) is 0 Å². The summed E-state index contributed by atoms with van der Waals surface area (Å²) in [6, 6.07) is 0.443. The van der Waals surface area contributed by atoms with Gasteiger partial charge in [-0.05, 0) is 33.7 Å².